The fourth-order valence-corrected chi connectivity index (χ4v) is 4.11. The molecule has 0 aliphatic rings. The zero-order valence-corrected chi connectivity index (χ0v) is 13.3. The summed E-state index contributed by atoms with van der Waals surface area (Å²) in [5.41, 5.74) is 0. The Balaban J connectivity index is 3.07. The van der Waals surface area contributed by atoms with Crippen LogP contribution in [0.25, 0.3) is 0 Å². The molecule has 1 aromatic rings. The molecule has 0 aliphatic heterocycles. The summed E-state index contributed by atoms with van der Waals surface area (Å²) < 4.78 is 26.9. The average Bonchev–Trinajstić information content (AvgIpc) is 2.37. The molecule has 112 valence electrons. The summed E-state index contributed by atoms with van der Waals surface area (Å²) in [7, 11) is -3.84. The summed E-state index contributed by atoms with van der Waals surface area (Å²) in [5.74, 6) is -1.08. The van der Waals surface area contributed by atoms with Gasteiger partial charge in [0.25, 0.3) is 0 Å². The van der Waals surface area contributed by atoms with Gasteiger partial charge in [-0.1, -0.05) is 26.0 Å². The van der Waals surface area contributed by atoms with Gasteiger partial charge in [0.15, 0.2) is 0 Å². The van der Waals surface area contributed by atoms with Gasteiger partial charge in [-0.3, -0.25) is 4.79 Å². The second-order valence-corrected chi connectivity index (χ2v) is 7.32. The quantitative estimate of drug-likeness (QED) is 0.753. The number of carboxylic acid groups (broad SMARTS) is 1. The fraction of sp³-hybridized carbons (Fsp3) is 0.462. The maximum atomic E-state index is 12.3. The molecular formula is C13H19NO4S2. The molecule has 7 heteroatoms. The molecule has 0 aromatic heterocycles. The van der Waals surface area contributed by atoms with Gasteiger partial charge in [0.1, 0.15) is 6.04 Å². The van der Waals surface area contributed by atoms with Crippen molar-refractivity contribution in [2.75, 3.05) is 6.26 Å². The molecule has 0 amide bonds. The van der Waals surface area contributed by atoms with Crippen molar-refractivity contribution in [2.24, 2.45) is 5.92 Å². The van der Waals surface area contributed by atoms with Crippen molar-refractivity contribution in [1.82, 2.24) is 4.72 Å². The minimum atomic E-state index is -3.84. The summed E-state index contributed by atoms with van der Waals surface area (Å²) in [6, 6.07) is 5.41. The van der Waals surface area contributed by atoms with Gasteiger partial charge in [0.2, 0.25) is 10.0 Å². The lowest BCUT2D eigenvalue weighted by Gasteiger charge is -2.17. The molecule has 0 fully saturated rings. The van der Waals surface area contributed by atoms with E-state index in [0.717, 1.165) is 0 Å². The minimum absolute atomic E-state index is 0.0783. The second-order valence-electron chi connectivity index (χ2n) is 4.79. The van der Waals surface area contributed by atoms with E-state index in [4.69, 9.17) is 5.11 Å². The van der Waals surface area contributed by atoms with E-state index in [1.165, 1.54) is 17.8 Å². The Morgan fingerprint density at radius 3 is 2.45 bits per heavy atom. The van der Waals surface area contributed by atoms with Crippen LogP contribution < -0.4 is 4.72 Å². The number of aliphatic carboxylic acids is 1. The van der Waals surface area contributed by atoms with Crippen molar-refractivity contribution >= 4 is 27.8 Å². The molecule has 1 unspecified atom stereocenters. The number of carboxylic acids is 1. The van der Waals surface area contributed by atoms with Crippen LogP contribution >= 0.6 is 11.8 Å². The predicted molar refractivity (Wildman–Crippen MR) is 79.4 cm³/mol. The second kappa shape index (κ2) is 7.10. The first-order valence-corrected chi connectivity index (χ1v) is 8.87. The van der Waals surface area contributed by atoms with E-state index in [0.29, 0.717) is 4.90 Å². The highest BCUT2D eigenvalue weighted by Gasteiger charge is 2.27. The smallest absolute Gasteiger partial charge is 0.321 e. The van der Waals surface area contributed by atoms with Gasteiger partial charge in [0, 0.05) is 4.90 Å². The Hall–Kier alpha value is -1.05. The van der Waals surface area contributed by atoms with Crippen molar-refractivity contribution in [3.63, 3.8) is 0 Å². The zero-order chi connectivity index (χ0) is 15.3. The predicted octanol–water partition coefficient (Wildman–Crippen LogP) is 2.19. The van der Waals surface area contributed by atoms with E-state index in [1.807, 2.05) is 13.8 Å². The third-order valence-electron chi connectivity index (χ3n) is 2.66. The third-order valence-corrected chi connectivity index (χ3v) is 5.12. The van der Waals surface area contributed by atoms with Crippen LogP contribution in [0, 0.1) is 5.92 Å². The van der Waals surface area contributed by atoms with Crippen molar-refractivity contribution in [3.05, 3.63) is 24.3 Å². The molecule has 0 heterocycles. The summed E-state index contributed by atoms with van der Waals surface area (Å²) in [4.78, 5) is 11.9. The number of hydrogen-bond acceptors (Lipinski definition) is 4. The highest BCUT2D eigenvalue weighted by molar-refractivity contribution is 7.99. The highest BCUT2D eigenvalue weighted by Crippen LogP contribution is 2.24. The molecule has 20 heavy (non-hydrogen) atoms. The zero-order valence-electron chi connectivity index (χ0n) is 11.7. The van der Waals surface area contributed by atoms with Crippen molar-refractivity contribution in [1.29, 1.82) is 0 Å². The van der Waals surface area contributed by atoms with E-state index in [1.54, 1.807) is 24.5 Å². The summed E-state index contributed by atoms with van der Waals surface area (Å²) in [6.45, 7) is 3.69. The van der Waals surface area contributed by atoms with Gasteiger partial charge < -0.3 is 5.11 Å². The van der Waals surface area contributed by atoms with Gasteiger partial charge in [-0.15, -0.1) is 11.8 Å². The molecule has 0 spiro atoms. The fourth-order valence-electron chi connectivity index (χ4n) is 1.76. The largest absolute Gasteiger partial charge is 0.480 e. The van der Waals surface area contributed by atoms with Gasteiger partial charge in [-0.05, 0) is 30.7 Å². The standard InChI is InChI=1S/C13H19NO4S2/c1-9(2)8-10(13(15)16)14-20(17,18)12-7-5-4-6-11(12)19-3/h4-7,9-10,14H,8H2,1-3H3,(H,15,16). The third kappa shape index (κ3) is 4.50. The number of carbonyl (C=O) groups is 1. The van der Waals surface area contributed by atoms with Crippen LogP contribution in [0.5, 0.6) is 0 Å². The van der Waals surface area contributed by atoms with Crippen molar-refractivity contribution in [3.8, 4) is 0 Å². The van der Waals surface area contributed by atoms with E-state index < -0.39 is 22.0 Å². The van der Waals surface area contributed by atoms with E-state index in [9.17, 15) is 13.2 Å². The molecule has 0 aliphatic carbocycles. The maximum Gasteiger partial charge on any atom is 0.321 e. The van der Waals surface area contributed by atoms with E-state index >= 15 is 0 Å². The lowest BCUT2D eigenvalue weighted by atomic mass is 10.1. The summed E-state index contributed by atoms with van der Waals surface area (Å²) in [5, 5.41) is 9.13. The first-order chi connectivity index (χ1) is 9.27. The van der Waals surface area contributed by atoms with Crippen LogP contribution in [0.1, 0.15) is 20.3 Å². The number of benzene rings is 1. The molecule has 2 N–H and O–H groups in total. The van der Waals surface area contributed by atoms with Crippen LogP contribution in [0.2, 0.25) is 0 Å². The number of sulfonamides is 1. The van der Waals surface area contributed by atoms with E-state index in [-0.39, 0.29) is 17.2 Å². The van der Waals surface area contributed by atoms with E-state index in [2.05, 4.69) is 4.72 Å². The maximum absolute atomic E-state index is 12.3. The molecule has 0 radical (unpaired) electrons. The summed E-state index contributed by atoms with van der Waals surface area (Å²) in [6.07, 6.45) is 2.02. The molecule has 0 bridgehead atoms. The normalized spacial score (nSPS) is 13.4. The molecule has 0 saturated heterocycles. The Morgan fingerprint density at radius 2 is 1.95 bits per heavy atom. The Labute approximate surface area is 123 Å². The van der Waals surface area contributed by atoms with Crippen LogP contribution in [-0.4, -0.2) is 31.8 Å². The van der Waals surface area contributed by atoms with Gasteiger partial charge >= 0.3 is 5.97 Å². The van der Waals surface area contributed by atoms with Crippen LogP contribution in [-0.2, 0) is 14.8 Å². The SMILES string of the molecule is CSc1ccccc1S(=O)(=O)NC(CC(C)C)C(=O)O. The lowest BCUT2D eigenvalue weighted by Crippen LogP contribution is -2.41. The van der Waals surface area contributed by atoms with Crippen LogP contribution in [0.4, 0.5) is 0 Å². The number of rotatable bonds is 7. The molecule has 1 rings (SSSR count). The topological polar surface area (TPSA) is 83.5 Å². The van der Waals surface area contributed by atoms with Crippen LogP contribution in [0.3, 0.4) is 0 Å². The monoisotopic (exact) mass is 317 g/mol. The summed E-state index contributed by atoms with van der Waals surface area (Å²) >= 11 is 1.31. The van der Waals surface area contributed by atoms with Gasteiger partial charge in [0.05, 0.1) is 4.90 Å². The number of thioether (sulfide) groups is 1. The van der Waals surface area contributed by atoms with Crippen LogP contribution in [0.15, 0.2) is 34.1 Å². The van der Waals surface area contributed by atoms with Crippen molar-refractivity contribution < 1.29 is 18.3 Å². The molecule has 5 nitrogen and oxygen atoms in total. The molecular weight excluding hydrogens is 298 g/mol. The first kappa shape index (κ1) is 17.0. The minimum Gasteiger partial charge on any atom is -0.480 e. The first-order valence-electron chi connectivity index (χ1n) is 6.16. The Kier molecular flexibility index (Phi) is 6.04. The molecule has 1 aromatic carbocycles. The number of hydrogen-bond donors (Lipinski definition) is 2. The average molecular weight is 317 g/mol. The highest BCUT2D eigenvalue weighted by atomic mass is 32.2. The van der Waals surface area contributed by atoms with Crippen molar-refractivity contribution in [2.45, 2.75) is 36.1 Å². The molecule has 0 saturated carbocycles. The van der Waals surface area contributed by atoms with Gasteiger partial charge in [-0.2, -0.15) is 4.72 Å². The number of nitrogens with one attached hydrogen (secondary N) is 1. The lowest BCUT2D eigenvalue weighted by molar-refractivity contribution is -0.139. The molecule has 1 atom stereocenters. The Morgan fingerprint density at radius 1 is 1.35 bits per heavy atom. The Bertz CT molecular complexity index is 569. The van der Waals surface area contributed by atoms with Gasteiger partial charge in [-0.25, -0.2) is 8.42 Å².